The van der Waals surface area contributed by atoms with Crippen LogP contribution in [-0.2, 0) is 17.8 Å². The fourth-order valence-electron chi connectivity index (χ4n) is 3.73. The van der Waals surface area contributed by atoms with E-state index >= 15 is 0 Å². The van der Waals surface area contributed by atoms with Crippen molar-refractivity contribution in [2.45, 2.75) is 32.7 Å². The first kappa shape index (κ1) is 19.2. The summed E-state index contributed by atoms with van der Waals surface area (Å²) in [6.07, 6.45) is 4.12. The molecule has 1 amide bonds. The smallest absolute Gasteiger partial charge is 0.223 e. The maximum absolute atomic E-state index is 12.6. The van der Waals surface area contributed by atoms with E-state index in [4.69, 9.17) is 4.74 Å². The van der Waals surface area contributed by atoms with Crippen molar-refractivity contribution in [1.82, 2.24) is 25.1 Å². The second kappa shape index (κ2) is 8.46. The van der Waals surface area contributed by atoms with Gasteiger partial charge in [-0.3, -0.25) is 4.79 Å². The highest BCUT2D eigenvalue weighted by atomic mass is 16.5. The lowest BCUT2D eigenvalue weighted by atomic mass is 9.95. The quantitative estimate of drug-likeness (QED) is 0.690. The van der Waals surface area contributed by atoms with Crippen LogP contribution in [0.25, 0.3) is 5.65 Å². The molecule has 4 rings (SSSR count). The van der Waals surface area contributed by atoms with Gasteiger partial charge < -0.3 is 15.0 Å². The Morgan fingerprint density at radius 1 is 1.24 bits per heavy atom. The number of hydrogen-bond acceptors (Lipinski definition) is 6. The number of benzene rings is 1. The average Bonchev–Trinajstić information content (AvgIpc) is 3.26. The second-order valence-electron chi connectivity index (χ2n) is 7.30. The molecule has 0 saturated carbocycles. The van der Waals surface area contributed by atoms with Crippen LogP contribution in [0.1, 0.15) is 31.0 Å². The predicted octanol–water partition coefficient (Wildman–Crippen LogP) is 2.23. The minimum absolute atomic E-state index is 0.0332. The lowest BCUT2D eigenvalue weighted by Gasteiger charge is -2.33. The zero-order valence-corrected chi connectivity index (χ0v) is 16.8. The zero-order valence-electron chi connectivity index (χ0n) is 16.8. The molecule has 1 aliphatic rings. The molecular formula is C21H26N6O2. The van der Waals surface area contributed by atoms with Crippen molar-refractivity contribution in [1.29, 1.82) is 0 Å². The number of piperidine rings is 1. The van der Waals surface area contributed by atoms with E-state index in [1.807, 2.05) is 24.3 Å². The third-order valence-electron chi connectivity index (χ3n) is 5.49. The number of methoxy groups -OCH3 is 1. The monoisotopic (exact) mass is 394 g/mol. The first-order valence-corrected chi connectivity index (χ1v) is 10.0. The van der Waals surface area contributed by atoms with Gasteiger partial charge in [-0.2, -0.15) is 9.61 Å². The number of aromatic nitrogens is 4. The maximum atomic E-state index is 12.6. The second-order valence-corrected chi connectivity index (χ2v) is 7.30. The Morgan fingerprint density at radius 2 is 2.00 bits per heavy atom. The largest absolute Gasteiger partial charge is 0.497 e. The molecule has 29 heavy (non-hydrogen) atoms. The first-order chi connectivity index (χ1) is 14.2. The Balaban J connectivity index is 1.35. The summed E-state index contributed by atoms with van der Waals surface area (Å²) in [5.41, 5.74) is 3.89. The minimum Gasteiger partial charge on any atom is -0.497 e. The molecule has 1 aliphatic heterocycles. The molecule has 1 fully saturated rings. The third-order valence-corrected chi connectivity index (χ3v) is 5.49. The molecule has 8 heteroatoms. The molecule has 0 bridgehead atoms. The van der Waals surface area contributed by atoms with E-state index in [0.29, 0.717) is 6.54 Å². The van der Waals surface area contributed by atoms with Crippen LogP contribution in [0.15, 0.2) is 36.7 Å². The van der Waals surface area contributed by atoms with Crippen molar-refractivity contribution >= 4 is 17.2 Å². The summed E-state index contributed by atoms with van der Waals surface area (Å²) in [6.45, 7) is 4.25. The van der Waals surface area contributed by atoms with Crippen LogP contribution in [0, 0.1) is 5.92 Å². The molecule has 152 valence electrons. The standard InChI is InChI=1S/C21H26N6O2/c1-3-17-12-19(20-24-23-14-27(20)25-17)26-10-8-16(9-11-26)21(28)22-13-15-4-6-18(29-2)7-5-15/h4-7,12,14,16H,3,8-11,13H2,1-2H3,(H,22,28). The van der Waals surface area contributed by atoms with Gasteiger partial charge in [0.15, 0.2) is 0 Å². The molecule has 0 radical (unpaired) electrons. The van der Waals surface area contributed by atoms with Crippen molar-refractivity contribution in [2.24, 2.45) is 5.92 Å². The van der Waals surface area contributed by atoms with Gasteiger partial charge in [0.2, 0.25) is 11.6 Å². The molecule has 1 aromatic carbocycles. The van der Waals surface area contributed by atoms with Crippen LogP contribution in [0.2, 0.25) is 0 Å². The van der Waals surface area contributed by atoms with Gasteiger partial charge >= 0.3 is 0 Å². The molecule has 2 aromatic heterocycles. The summed E-state index contributed by atoms with van der Waals surface area (Å²) in [4.78, 5) is 14.9. The Bertz CT molecular complexity index is 977. The van der Waals surface area contributed by atoms with Crippen molar-refractivity contribution in [2.75, 3.05) is 25.1 Å². The zero-order chi connectivity index (χ0) is 20.2. The van der Waals surface area contributed by atoms with Crippen LogP contribution < -0.4 is 15.0 Å². The lowest BCUT2D eigenvalue weighted by Crippen LogP contribution is -2.40. The minimum atomic E-state index is 0.0332. The van der Waals surface area contributed by atoms with E-state index in [0.717, 1.165) is 60.7 Å². The molecule has 0 unspecified atom stereocenters. The van der Waals surface area contributed by atoms with E-state index < -0.39 is 0 Å². The molecule has 3 heterocycles. The summed E-state index contributed by atoms with van der Waals surface area (Å²) < 4.78 is 6.90. The van der Waals surface area contributed by atoms with Crippen LogP contribution in [0.4, 0.5) is 5.69 Å². The highest BCUT2D eigenvalue weighted by Gasteiger charge is 2.26. The highest BCUT2D eigenvalue weighted by molar-refractivity contribution is 5.79. The Hall–Kier alpha value is -3.16. The van der Waals surface area contributed by atoms with Gasteiger partial charge in [-0.15, -0.1) is 10.2 Å². The predicted molar refractivity (Wildman–Crippen MR) is 110 cm³/mol. The number of anilines is 1. The van der Waals surface area contributed by atoms with Crippen LogP contribution in [0.3, 0.4) is 0 Å². The van der Waals surface area contributed by atoms with E-state index in [1.165, 1.54) is 0 Å². The number of fused-ring (bicyclic) bond motifs is 1. The SMILES string of the molecule is CCc1cc(N2CCC(C(=O)NCc3ccc(OC)cc3)CC2)c2nncn2n1. The van der Waals surface area contributed by atoms with Gasteiger partial charge in [-0.05, 0) is 43.0 Å². The Kier molecular flexibility index (Phi) is 5.59. The van der Waals surface area contributed by atoms with Crippen molar-refractivity contribution < 1.29 is 9.53 Å². The number of carbonyl (C=O) groups is 1. The molecule has 3 aromatic rings. The fourth-order valence-corrected chi connectivity index (χ4v) is 3.73. The Morgan fingerprint density at radius 3 is 2.69 bits per heavy atom. The van der Waals surface area contributed by atoms with Crippen molar-refractivity contribution in [3.05, 3.63) is 47.9 Å². The summed E-state index contributed by atoms with van der Waals surface area (Å²) in [6, 6.07) is 9.85. The first-order valence-electron chi connectivity index (χ1n) is 10.0. The summed E-state index contributed by atoms with van der Waals surface area (Å²) in [7, 11) is 1.65. The molecule has 0 atom stereocenters. The number of hydrogen-bond donors (Lipinski definition) is 1. The van der Waals surface area contributed by atoms with Gasteiger partial charge in [0.05, 0.1) is 18.5 Å². The van der Waals surface area contributed by atoms with E-state index in [1.54, 1.807) is 18.0 Å². The fraction of sp³-hybridized carbons (Fsp3) is 0.429. The molecular weight excluding hydrogens is 368 g/mol. The number of amides is 1. The van der Waals surface area contributed by atoms with Gasteiger partial charge in [0.1, 0.15) is 12.1 Å². The van der Waals surface area contributed by atoms with Crippen molar-refractivity contribution in [3.8, 4) is 5.75 Å². The van der Waals surface area contributed by atoms with E-state index in [9.17, 15) is 4.79 Å². The molecule has 0 spiro atoms. The molecule has 1 saturated heterocycles. The third kappa shape index (κ3) is 4.16. The van der Waals surface area contributed by atoms with E-state index in [2.05, 4.69) is 38.5 Å². The summed E-state index contributed by atoms with van der Waals surface area (Å²) in [5, 5.41) is 15.8. The van der Waals surface area contributed by atoms with Gasteiger partial charge in [0.25, 0.3) is 0 Å². The number of aryl methyl sites for hydroxylation is 1. The van der Waals surface area contributed by atoms with Gasteiger partial charge in [0, 0.05) is 25.6 Å². The average molecular weight is 394 g/mol. The molecule has 0 aliphatic carbocycles. The van der Waals surface area contributed by atoms with E-state index in [-0.39, 0.29) is 11.8 Å². The molecule has 1 N–H and O–H groups in total. The summed E-state index contributed by atoms with van der Waals surface area (Å²) in [5.74, 6) is 0.972. The highest BCUT2D eigenvalue weighted by Crippen LogP contribution is 2.27. The number of ether oxygens (including phenoxy) is 1. The number of nitrogens with one attached hydrogen (secondary N) is 1. The molecule has 8 nitrogen and oxygen atoms in total. The lowest BCUT2D eigenvalue weighted by molar-refractivity contribution is -0.125. The Labute approximate surface area is 169 Å². The van der Waals surface area contributed by atoms with Crippen LogP contribution in [-0.4, -0.2) is 45.9 Å². The normalized spacial score (nSPS) is 14.9. The maximum Gasteiger partial charge on any atom is 0.223 e. The van der Waals surface area contributed by atoms with Gasteiger partial charge in [-0.25, -0.2) is 0 Å². The van der Waals surface area contributed by atoms with Crippen LogP contribution in [0.5, 0.6) is 5.75 Å². The van der Waals surface area contributed by atoms with Crippen molar-refractivity contribution in [3.63, 3.8) is 0 Å². The summed E-state index contributed by atoms with van der Waals surface area (Å²) >= 11 is 0. The number of carbonyl (C=O) groups excluding carboxylic acids is 1. The topological polar surface area (TPSA) is 84.7 Å². The van der Waals surface area contributed by atoms with Gasteiger partial charge in [-0.1, -0.05) is 19.1 Å². The number of rotatable bonds is 6. The van der Waals surface area contributed by atoms with Crippen LogP contribution >= 0.6 is 0 Å². The number of nitrogens with zero attached hydrogens (tertiary/aromatic N) is 5.